The van der Waals surface area contributed by atoms with Crippen LogP contribution in [-0.2, 0) is 11.3 Å². The Morgan fingerprint density at radius 2 is 2.47 bits per heavy atom. The number of hydrogen-bond donors (Lipinski definition) is 2. The predicted molar refractivity (Wildman–Crippen MR) is 65.7 cm³/mol. The second-order valence-electron chi connectivity index (χ2n) is 4.49. The molecule has 1 atom stereocenters. The molecule has 102 valence electrons. The van der Waals surface area contributed by atoms with Crippen LogP contribution in [-0.4, -0.2) is 62.0 Å². The van der Waals surface area contributed by atoms with Crippen LogP contribution in [0.4, 0.5) is 0 Å². The van der Waals surface area contributed by atoms with Gasteiger partial charge in [-0.2, -0.15) is 4.52 Å². The lowest BCUT2D eigenvalue weighted by molar-refractivity contribution is -0.0317. The quantitative estimate of drug-likeness (QED) is 0.709. The standard InChI is InChI=1S/C11H15N5O3/c17-5-9-6-19-2-1-15(9)4-8-3-10(18)16-11(14-8)12-7-13-16/h3,7,9,17H,1-2,4-6H2,(H,12,13,14). The van der Waals surface area contributed by atoms with Crippen LogP contribution in [0.15, 0.2) is 17.2 Å². The molecular weight excluding hydrogens is 250 g/mol. The molecule has 8 nitrogen and oxygen atoms in total. The molecule has 1 saturated heterocycles. The van der Waals surface area contributed by atoms with E-state index in [0.29, 0.717) is 37.8 Å². The van der Waals surface area contributed by atoms with E-state index in [-0.39, 0.29) is 18.2 Å². The zero-order valence-electron chi connectivity index (χ0n) is 10.3. The van der Waals surface area contributed by atoms with Crippen molar-refractivity contribution in [2.24, 2.45) is 0 Å². The van der Waals surface area contributed by atoms with Gasteiger partial charge in [-0.25, -0.2) is 9.97 Å². The molecular formula is C11H15N5O3. The fraction of sp³-hybridized carbons (Fsp3) is 0.545. The highest BCUT2D eigenvalue weighted by Gasteiger charge is 2.23. The first kappa shape index (κ1) is 12.3. The minimum Gasteiger partial charge on any atom is -0.395 e. The van der Waals surface area contributed by atoms with E-state index in [2.05, 4.69) is 20.0 Å². The number of aliphatic hydroxyl groups excluding tert-OH is 1. The normalized spacial score (nSPS) is 21.0. The summed E-state index contributed by atoms with van der Waals surface area (Å²) >= 11 is 0. The third-order valence-corrected chi connectivity index (χ3v) is 3.25. The van der Waals surface area contributed by atoms with Crippen LogP contribution in [0.5, 0.6) is 0 Å². The first-order chi connectivity index (χ1) is 9.28. The molecule has 3 rings (SSSR count). The minimum absolute atomic E-state index is 0.0314. The third kappa shape index (κ3) is 2.37. The van der Waals surface area contributed by atoms with Crippen LogP contribution in [0.1, 0.15) is 5.69 Å². The Morgan fingerprint density at radius 3 is 3.32 bits per heavy atom. The number of nitrogens with one attached hydrogen (secondary N) is 1. The number of aliphatic hydroxyl groups is 1. The molecule has 1 fully saturated rings. The molecule has 0 amide bonds. The number of ether oxygens (including phenoxy) is 1. The summed E-state index contributed by atoms with van der Waals surface area (Å²) in [5, 5.41) is 12.0. The molecule has 0 aliphatic carbocycles. The highest BCUT2D eigenvalue weighted by atomic mass is 16.5. The predicted octanol–water partition coefficient (Wildman–Crippen LogP) is -1.39. The lowest BCUT2D eigenvalue weighted by Gasteiger charge is -2.33. The van der Waals surface area contributed by atoms with E-state index >= 15 is 0 Å². The summed E-state index contributed by atoms with van der Waals surface area (Å²) in [5.41, 5.74) is 0.462. The van der Waals surface area contributed by atoms with Crippen molar-refractivity contribution in [2.45, 2.75) is 12.6 Å². The van der Waals surface area contributed by atoms with E-state index in [1.165, 1.54) is 16.9 Å². The van der Waals surface area contributed by atoms with Crippen molar-refractivity contribution in [1.29, 1.82) is 0 Å². The number of H-pyrrole nitrogens is 1. The van der Waals surface area contributed by atoms with Crippen LogP contribution in [0, 0.1) is 0 Å². The number of nitrogens with zero attached hydrogens (tertiary/aromatic N) is 4. The molecule has 0 aromatic carbocycles. The number of aromatic nitrogens is 4. The van der Waals surface area contributed by atoms with E-state index in [0.717, 1.165) is 0 Å². The first-order valence-electron chi connectivity index (χ1n) is 6.12. The molecule has 2 aromatic rings. The van der Waals surface area contributed by atoms with Crippen molar-refractivity contribution in [3.05, 3.63) is 28.4 Å². The Kier molecular flexibility index (Phi) is 3.28. The van der Waals surface area contributed by atoms with Gasteiger partial charge in [0.25, 0.3) is 11.3 Å². The first-order valence-corrected chi connectivity index (χ1v) is 6.12. The van der Waals surface area contributed by atoms with Crippen molar-refractivity contribution < 1.29 is 9.84 Å². The average Bonchev–Trinajstić information content (AvgIpc) is 2.88. The van der Waals surface area contributed by atoms with E-state index in [4.69, 9.17) is 4.74 Å². The lowest BCUT2D eigenvalue weighted by Crippen LogP contribution is -2.47. The van der Waals surface area contributed by atoms with E-state index < -0.39 is 0 Å². The van der Waals surface area contributed by atoms with Gasteiger partial charge in [0.1, 0.15) is 6.33 Å². The van der Waals surface area contributed by atoms with Crippen LogP contribution >= 0.6 is 0 Å². The number of hydrogen-bond acceptors (Lipinski definition) is 6. The van der Waals surface area contributed by atoms with Crippen molar-refractivity contribution in [2.75, 3.05) is 26.4 Å². The molecule has 0 spiro atoms. The number of rotatable bonds is 3. The van der Waals surface area contributed by atoms with Gasteiger partial charge in [0.15, 0.2) is 0 Å². The molecule has 0 bridgehead atoms. The van der Waals surface area contributed by atoms with Gasteiger partial charge in [-0.15, -0.1) is 0 Å². The Bertz CT molecular complexity index is 622. The summed E-state index contributed by atoms with van der Waals surface area (Å²) in [6.45, 7) is 2.38. The van der Waals surface area contributed by atoms with Crippen LogP contribution < -0.4 is 5.56 Å². The maximum Gasteiger partial charge on any atom is 0.274 e. The molecule has 2 N–H and O–H groups in total. The number of morpholine rings is 1. The Hall–Kier alpha value is -1.77. The Morgan fingerprint density at radius 1 is 1.58 bits per heavy atom. The van der Waals surface area contributed by atoms with Crippen LogP contribution in [0.3, 0.4) is 0 Å². The third-order valence-electron chi connectivity index (χ3n) is 3.25. The second-order valence-corrected chi connectivity index (χ2v) is 4.49. The fourth-order valence-electron chi connectivity index (χ4n) is 2.22. The van der Waals surface area contributed by atoms with Gasteiger partial charge in [-0.05, 0) is 0 Å². The summed E-state index contributed by atoms with van der Waals surface area (Å²) in [5.74, 6) is 0.358. The maximum atomic E-state index is 11.8. The zero-order chi connectivity index (χ0) is 13.2. The summed E-state index contributed by atoms with van der Waals surface area (Å²) in [6, 6.07) is 1.43. The van der Waals surface area contributed by atoms with Gasteiger partial charge in [-0.1, -0.05) is 0 Å². The Balaban J connectivity index is 1.85. The van der Waals surface area contributed by atoms with Crippen molar-refractivity contribution in [3.8, 4) is 0 Å². The second kappa shape index (κ2) is 5.08. The molecule has 0 saturated carbocycles. The largest absolute Gasteiger partial charge is 0.395 e. The number of aromatic amines is 1. The maximum absolute atomic E-state index is 11.8. The summed E-state index contributed by atoms with van der Waals surface area (Å²) in [4.78, 5) is 22.2. The van der Waals surface area contributed by atoms with Gasteiger partial charge in [0.2, 0.25) is 0 Å². The molecule has 1 aliphatic heterocycles. The van der Waals surface area contributed by atoms with Gasteiger partial charge < -0.3 is 9.84 Å². The van der Waals surface area contributed by atoms with Crippen LogP contribution in [0.25, 0.3) is 5.78 Å². The van der Waals surface area contributed by atoms with E-state index in [9.17, 15) is 9.90 Å². The topological polar surface area (TPSA) is 95.8 Å². The van der Waals surface area contributed by atoms with Gasteiger partial charge in [0.05, 0.1) is 31.6 Å². The lowest BCUT2D eigenvalue weighted by atomic mass is 10.2. The smallest absolute Gasteiger partial charge is 0.274 e. The molecule has 0 radical (unpaired) electrons. The van der Waals surface area contributed by atoms with Gasteiger partial charge >= 0.3 is 0 Å². The number of fused-ring (bicyclic) bond motifs is 1. The highest BCUT2D eigenvalue weighted by Crippen LogP contribution is 2.10. The molecule has 3 heterocycles. The van der Waals surface area contributed by atoms with E-state index in [1.54, 1.807) is 0 Å². The van der Waals surface area contributed by atoms with Crippen LogP contribution in [0.2, 0.25) is 0 Å². The summed E-state index contributed by atoms with van der Waals surface area (Å²) in [7, 11) is 0. The molecule has 2 aromatic heterocycles. The Labute approximate surface area is 108 Å². The van der Waals surface area contributed by atoms with Gasteiger partial charge in [0, 0.05) is 19.2 Å². The molecule has 8 heteroatoms. The molecule has 19 heavy (non-hydrogen) atoms. The zero-order valence-corrected chi connectivity index (χ0v) is 10.3. The summed E-state index contributed by atoms with van der Waals surface area (Å²) in [6.07, 6.45) is 1.43. The molecule has 1 unspecified atom stereocenters. The molecule has 1 aliphatic rings. The van der Waals surface area contributed by atoms with Crippen molar-refractivity contribution >= 4 is 5.78 Å². The summed E-state index contributed by atoms with van der Waals surface area (Å²) < 4.78 is 6.60. The minimum atomic E-state index is -0.189. The van der Waals surface area contributed by atoms with E-state index in [1.807, 2.05) is 0 Å². The highest BCUT2D eigenvalue weighted by molar-refractivity contribution is 5.26. The monoisotopic (exact) mass is 265 g/mol. The van der Waals surface area contributed by atoms with Crippen molar-refractivity contribution in [3.63, 3.8) is 0 Å². The average molecular weight is 265 g/mol. The van der Waals surface area contributed by atoms with Gasteiger partial charge in [-0.3, -0.25) is 14.8 Å². The fourth-order valence-corrected chi connectivity index (χ4v) is 2.22. The SMILES string of the molecule is O=c1cc(CN2CCOCC2CO)nc2nc[nH]n12. The van der Waals surface area contributed by atoms with Crippen molar-refractivity contribution in [1.82, 2.24) is 24.5 Å².